The molecule has 29 heavy (non-hydrogen) atoms. The molecule has 0 saturated heterocycles. The third-order valence-corrected chi connectivity index (χ3v) is 5.38. The van der Waals surface area contributed by atoms with E-state index in [2.05, 4.69) is 14.8 Å². The molecule has 0 aliphatic rings. The monoisotopic (exact) mass is 417 g/mol. The first-order chi connectivity index (χ1) is 14.2. The van der Waals surface area contributed by atoms with Crippen molar-refractivity contribution in [3.8, 4) is 22.9 Å². The standard InChI is InChI=1S/C21H24FN3O3S/c1-26-11-5-10-25-20(16-8-9-18(27-2)19(13-16)28-3)23-24-21(25)29-14-15-6-4-7-17(22)12-15/h4,6-9,12-13H,5,10-11,14H2,1-3H3. The highest BCUT2D eigenvalue weighted by Crippen LogP contribution is 2.33. The summed E-state index contributed by atoms with van der Waals surface area (Å²) in [4.78, 5) is 0. The molecule has 0 aliphatic carbocycles. The Morgan fingerprint density at radius 2 is 1.83 bits per heavy atom. The summed E-state index contributed by atoms with van der Waals surface area (Å²) in [6, 6.07) is 12.3. The molecular formula is C21H24FN3O3S. The summed E-state index contributed by atoms with van der Waals surface area (Å²) in [6.07, 6.45) is 0.822. The van der Waals surface area contributed by atoms with Crippen LogP contribution in [0.25, 0.3) is 11.4 Å². The summed E-state index contributed by atoms with van der Waals surface area (Å²) in [5.74, 6) is 2.39. The average molecular weight is 418 g/mol. The van der Waals surface area contributed by atoms with E-state index >= 15 is 0 Å². The van der Waals surface area contributed by atoms with Crippen molar-refractivity contribution in [1.82, 2.24) is 14.8 Å². The Labute approximate surface area is 174 Å². The van der Waals surface area contributed by atoms with Gasteiger partial charge in [-0.25, -0.2) is 4.39 Å². The minimum atomic E-state index is -0.240. The summed E-state index contributed by atoms with van der Waals surface area (Å²) in [6.45, 7) is 1.34. The minimum Gasteiger partial charge on any atom is -0.493 e. The van der Waals surface area contributed by atoms with Gasteiger partial charge in [0.2, 0.25) is 0 Å². The molecule has 3 rings (SSSR count). The maximum absolute atomic E-state index is 13.5. The summed E-state index contributed by atoms with van der Waals surface area (Å²) < 4.78 is 31.5. The lowest BCUT2D eigenvalue weighted by Crippen LogP contribution is -2.05. The van der Waals surface area contributed by atoms with Crippen LogP contribution in [0.15, 0.2) is 47.6 Å². The second-order valence-corrected chi connectivity index (χ2v) is 7.24. The number of nitrogens with zero attached hydrogens (tertiary/aromatic N) is 3. The van der Waals surface area contributed by atoms with Gasteiger partial charge in [0.05, 0.1) is 14.2 Å². The molecule has 1 heterocycles. The number of halogens is 1. The lowest BCUT2D eigenvalue weighted by molar-refractivity contribution is 0.189. The number of ether oxygens (including phenoxy) is 3. The van der Waals surface area contributed by atoms with Gasteiger partial charge < -0.3 is 18.8 Å². The van der Waals surface area contributed by atoms with Crippen LogP contribution in [0.4, 0.5) is 4.39 Å². The number of hydrogen-bond donors (Lipinski definition) is 0. The zero-order valence-electron chi connectivity index (χ0n) is 16.7. The summed E-state index contributed by atoms with van der Waals surface area (Å²) in [7, 11) is 4.89. The molecule has 0 fully saturated rings. The van der Waals surface area contributed by atoms with Crippen molar-refractivity contribution in [1.29, 1.82) is 0 Å². The van der Waals surface area contributed by atoms with Crippen molar-refractivity contribution < 1.29 is 18.6 Å². The smallest absolute Gasteiger partial charge is 0.191 e. The minimum absolute atomic E-state index is 0.240. The quantitative estimate of drug-likeness (QED) is 0.359. The van der Waals surface area contributed by atoms with E-state index < -0.39 is 0 Å². The van der Waals surface area contributed by atoms with Crippen molar-refractivity contribution in [3.63, 3.8) is 0 Å². The number of benzene rings is 2. The molecule has 1 aromatic heterocycles. The van der Waals surface area contributed by atoms with Crippen molar-refractivity contribution >= 4 is 11.8 Å². The highest BCUT2D eigenvalue weighted by molar-refractivity contribution is 7.98. The van der Waals surface area contributed by atoms with Crippen LogP contribution in [0.1, 0.15) is 12.0 Å². The first-order valence-corrected chi connectivity index (χ1v) is 10.2. The molecule has 0 spiro atoms. The van der Waals surface area contributed by atoms with Gasteiger partial charge in [0, 0.05) is 31.6 Å². The van der Waals surface area contributed by atoms with Gasteiger partial charge in [0.15, 0.2) is 22.5 Å². The third-order valence-electron chi connectivity index (χ3n) is 4.35. The van der Waals surface area contributed by atoms with Crippen LogP contribution in [0.3, 0.4) is 0 Å². The highest BCUT2D eigenvalue weighted by Gasteiger charge is 2.16. The summed E-state index contributed by atoms with van der Waals surface area (Å²) in [5, 5.41) is 9.56. The first kappa shape index (κ1) is 21.1. The van der Waals surface area contributed by atoms with Crippen LogP contribution < -0.4 is 9.47 Å². The maximum Gasteiger partial charge on any atom is 0.191 e. The van der Waals surface area contributed by atoms with Crippen molar-refractivity contribution in [2.75, 3.05) is 27.9 Å². The van der Waals surface area contributed by atoms with Crippen LogP contribution in [0.2, 0.25) is 0 Å². The molecule has 154 valence electrons. The van der Waals surface area contributed by atoms with Crippen molar-refractivity contribution in [3.05, 3.63) is 53.8 Å². The van der Waals surface area contributed by atoms with Gasteiger partial charge in [0.1, 0.15) is 5.82 Å². The average Bonchev–Trinajstić information content (AvgIpc) is 3.14. The van der Waals surface area contributed by atoms with E-state index in [1.807, 2.05) is 24.3 Å². The molecule has 2 aromatic carbocycles. The van der Waals surface area contributed by atoms with Crippen LogP contribution >= 0.6 is 11.8 Å². The highest BCUT2D eigenvalue weighted by atomic mass is 32.2. The molecule has 0 N–H and O–H groups in total. The van der Waals surface area contributed by atoms with Gasteiger partial charge in [-0.2, -0.15) is 0 Å². The molecule has 8 heteroatoms. The zero-order valence-corrected chi connectivity index (χ0v) is 17.5. The fourth-order valence-corrected chi connectivity index (χ4v) is 3.84. The van der Waals surface area contributed by atoms with Crippen molar-refractivity contribution in [2.24, 2.45) is 0 Å². The predicted molar refractivity (Wildman–Crippen MR) is 111 cm³/mol. The van der Waals surface area contributed by atoms with Gasteiger partial charge in [-0.15, -0.1) is 10.2 Å². The molecule has 0 unspecified atom stereocenters. The SMILES string of the molecule is COCCCn1c(SCc2cccc(F)c2)nnc1-c1ccc(OC)c(OC)c1. The predicted octanol–water partition coefficient (Wildman–Crippen LogP) is 4.43. The molecule has 0 bridgehead atoms. The molecule has 6 nitrogen and oxygen atoms in total. The Morgan fingerprint density at radius 3 is 2.55 bits per heavy atom. The Bertz CT molecular complexity index is 949. The maximum atomic E-state index is 13.5. The zero-order chi connectivity index (χ0) is 20.6. The van der Waals surface area contributed by atoms with E-state index in [4.69, 9.17) is 14.2 Å². The molecule has 0 radical (unpaired) electrons. The normalized spacial score (nSPS) is 10.9. The number of hydrogen-bond acceptors (Lipinski definition) is 6. The molecule has 0 saturated carbocycles. The van der Waals surface area contributed by atoms with Gasteiger partial charge in [-0.1, -0.05) is 23.9 Å². The lowest BCUT2D eigenvalue weighted by Gasteiger charge is -2.12. The van der Waals surface area contributed by atoms with E-state index in [1.165, 1.54) is 23.9 Å². The van der Waals surface area contributed by atoms with E-state index in [1.54, 1.807) is 27.4 Å². The van der Waals surface area contributed by atoms with Crippen LogP contribution in [0.5, 0.6) is 11.5 Å². The number of methoxy groups -OCH3 is 3. The second-order valence-electron chi connectivity index (χ2n) is 6.29. The first-order valence-electron chi connectivity index (χ1n) is 9.18. The Balaban J connectivity index is 1.88. The topological polar surface area (TPSA) is 58.4 Å². The second kappa shape index (κ2) is 10.3. The molecule has 0 amide bonds. The summed E-state index contributed by atoms with van der Waals surface area (Å²) >= 11 is 1.53. The van der Waals surface area contributed by atoms with E-state index in [9.17, 15) is 4.39 Å². The van der Waals surface area contributed by atoms with Gasteiger partial charge in [-0.05, 0) is 42.3 Å². The Morgan fingerprint density at radius 1 is 1.00 bits per heavy atom. The fraction of sp³-hybridized carbons (Fsp3) is 0.333. The fourth-order valence-electron chi connectivity index (χ4n) is 2.93. The number of rotatable bonds is 10. The lowest BCUT2D eigenvalue weighted by atomic mass is 10.2. The van der Waals surface area contributed by atoms with Crippen LogP contribution in [0, 0.1) is 5.82 Å². The number of aromatic nitrogens is 3. The molecule has 3 aromatic rings. The third kappa shape index (κ3) is 5.27. The van der Waals surface area contributed by atoms with Gasteiger partial charge in [0.25, 0.3) is 0 Å². The molecular weight excluding hydrogens is 393 g/mol. The Hall–Kier alpha value is -2.58. The molecule has 0 atom stereocenters. The van der Waals surface area contributed by atoms with Gasteiger partial charge >= 0.3 is 0 Å². The van der Waals surface area contributed by atoms with E-state index in [-0.39, 0.29) is 5.82 Å². The Kier molecular flexibility index (Phi) is 7.48. The molecule has 0 aliphatic heterocycles. The van der Waals surface area contributed by atoms with E-state index in [0.717, 1.165) is 28.5 Å². The largest absolute Gasteiger partial charge is 0.493 e. The van der Waals surface area contributed by atoms with Crippen molar-refractivity contribution in [2.45, 2.75) is 23.9 Å². The van der Waals surface area contributed by atoms with Gasteiger partial charge in [-0.3, -0.25) is 0 Å². The summed E-state index contributed by atoms with van der Waals surface area (Å²) in [5.41, 5.74) is 1.78. The van der Waals surface area contributed by atoms with E-state index in [0.29, 0.717) is 30.4 Å². The van der Waals surface area contributed by atoms with Crippen LogP contribution in [-0.4, -0.2) is 42.7 Å². The van der Waals surface area contributed by atoms with Crippen LogP contribution in [-0.2, 0) is 17.0 Å². The number of thioether (sulfide) groups is 1.